The first kappa shape index (κ1) is 20.7. The Morgan fingerprint density at radius 2 is 1.96 bits per heavy atom. The maximum Gasteiger partial charge on any atom is 0.253 e. The van der Waals surface area contributed by atoms with E-state index in [2.05, 4.69) is 4.72 Å². The molecule has 0 saturated heterocycles. The third-order valence-corrected chi connectivity index (χ3v) is 5.33. The molecule has 0 heterocycles. The molecule has 0 radical (unpaired) electrons. The van der Waals surface area contributed by atoms with Gasteiger partial charge in [0, 0.05) is 24.8 Å². The summed E-state index contributed by atoms with van der Waals surface area (Å²) in [7, 11) is -0.456. The molecule has 0 spiro atoms. The van der Waals surface area contributed by atoms with Crippen LogP contribution in [0.5, 0.6) is 5.75 Å². The zero-order chi connectivity index (χ0) is 20.0. The quantitative estimate of drug-likeness (QED) is 0.746. The molecular weight excluding hydrogens is 371 g/mol. The molecule has 0 fully saturated rings. The number of methoxy groups -OCH3 is 1. The smallest absolute Gasteiger partial charge is 0.253 e. The molecule has 0 atom stereocenters. The van der Waals surface area contributed by atoms with Gasteiger partial charge in [-0.25, -0.2) is 12.8 Å². The van der Waals surface area contributed by atoms with Gasteiger partial charge in [-0.15, -0.1) is 0 Å². The van der Waals surface area contributed by atoms with E-state index < -0.39 is 15.8 Å². The van der Waals surface area contributed by atoms with Gasteiger partial charge >= 0.3 is 0 Å². The summed E-state index contributed by atoms with van der Waals surface area (Å²) >= 11 is 0. The van der Waals surface area contributed by atoms with Crippen LogP contribution in [0, 0.1) is 5.82 Å². The minimum Gasteiger partial charge on any atom is -0.494 e. The van der Waals surface area contributed by atoms with Gasteiger partial charge in [0.2, 0.25) is 10.0 Å². The number of carbonyl (C=O) groups is 1. The Morgan fingerprint density at radius 3 is 2.59 bits per heavy atom. The Morgan fingerprint density at radius 1 is 1.22 bits per heavy atom. The number of rotatable bonds is 8. The van der Waals surface area contributed by atoms with Crippen LogP contribution in [0.1, 0.15) is 29.3 Å². The maximum absolute atomic E-state index is 13.8. The first-order valence-corrected chi connectivity index (χ1v) is 10.1. The van der Waals surface area contributed by atoms with Gasteiger partial charge in [-0.05, 0) is 42.3 Å². The van der Waals surface area contributed by atoms with Crippen molar-refractivity contribution >= 4 is 21.6 Å². The zero-order valence-corrected chi connectivity index (χ0v) is 16.3. The van der Waals surface area contributed by atoms with Crippen molar-refractivity contribution in [3.63, 3.8) is 0 Å². The van der Waals surface area contributed by atoms with Gasteiger partial charge < -0.3 is 9.64 Å². The SMILES string of the molecule is CCCS(=O)(=O)Nc1cccc(C(=O)N(C)Cc2ccc(OC)c(F)c2)c1. The number of benzene rings is 2. The summed E-state index contributed by atoms with van der Waals surface area (Å²) in [6.45, 7) is 1.97. The summed E-state index contributed by atoms with van der Waals surface area (Å²) in [6, 6.07) is 10.8. The van der Waals surface area contributed by atoms with Crippen molar-refractivity contribution in [2.75, 3.05) is 24.6 Å². The Bertz CT molecular complexity index is 916. The lowest BCUT2D eigenvalue weighted by Gasteiger charge is -2.18. The summed E-state index contributed by atoms with van der Waals surface area (Å²) < 4.78 is 44.9. The molecule has 1 N–H and O–H groups in total. The molecule has 0 aliphatic carbocycles. The van der Waals surface area contributed by atoms with E-state index in [4.69, 9.17) is 4.74 Å². The van der Waals surface area contributed by atoms with Crippen molar-refractivity contribution in [2.24, 2.45) is 0 Å². The molecule has 0 aliphatic rings. The predicted molar refractivity (Wildman–Crippen MR) is 103 cm³/mol. The Labute approximate surface area is 159 Å². The summed E-state index contributed by atoms with van der Waals surface area (Å²) in [5, 5.41) is 0. The number of nitrogens with zero attached hydrogens (tertiary/aromatic N) is 1. The molecule has 0 bridgehead atoms. The van der Waals surface area contributed by atoms with Crippen molar-refractivity contribution in [3.05, 3.63) is 59.4 Å². The fourth-order valence-corrected chi connectivity index (χ4v) is 3.71. The fourth-order valence-electron chi connectivity index (χ4n) is 2.59. The highest BCUT2D eigenvalue weighted by molar-refractivity contribution is 7.92. The van der Waals surface area contributed by atoms with Crippen LogP contribution in [-0.2, 0) is 16.6 Å². The molecule has 0 unspecified atom stereocenters. The lowest BCUT2D eigenvalue weighted by atomic mass is 10.1. The van der Waals surface area contributed by atoms with E-state index in [1.807, 2.05) is 0 Å². The molecule has 0 saturated carbocycles. The van der Waals surface area contributed by atoms with Crippen molar-refractivity contribution in [3.8, 4) is 5.75 Å². The fraction of sp³-hybridized carbons (Fsp3) is 0.316. The molecule has 0 aliphatic heterocycles. The molecule has 2 rings (SSSR count). The van der Waals surface area contributed by atoms with E-state index in [0.29, 0.717) is 23.2 Å². The Kier molecular flexibility index (Phi) is 6.79. The predicted octanol–water partition coefficient (Wildman–Crippen LogP) is 3.26. The first-order valence-electron chi connectivity index (χ1n) is 8.44. The number of hydrogen-bond acceptors (Lipinski definition) is 4. The second kappa shape index (κ2) is 8.85. The number of ether oxygens (including phenoxy) is 1. The van der Waals surface area contributed by atoms with Crippen LogP contribution in [0.25, 0.3) is 0 Å². The molecule has 27 heavy (non-hydrogen) atoms. The molecule has 146 valence electrons. The summed E-state index contributed by atoms with van der Waals surface area (Å²) in [5.41, 5.74) is 1.28. The van der Waals surface area contributed by atoms with Crippen molar-refractivity contribution in [1.82, 2.24) is 4.90 Å². The number of sulfonamides is 1. The van der Waals surface area contributed by atoms with Crippen molar-refractivity contribution in [2.45, 2.75) is 19.9 Å². The molecule has 0 aromatic heterocycles. The Hall–Kier alpha value is -2.61. The van der Waals surface area contributed by atoms with E-state index in [1.54, 1.807) is 38.2 Å². The van der Waals surface area contributed by atoms with Crippen LogP contribution in [0.15, 0.2) is 42.5 Å². The highest BCUT2D eigenvalue weighted by Gasteiger charge is 2.15. The molecule has 8 heteroatoms. The normalized spacial score (nSPS) is 11.1. The van der Waals surface area contributed by atoms with Crippen LogP contribution in [0.2, 0.25) is 0 Å². The van der Waals surface area contributed by atoms with Crippen LogP contribution < -0.4 is 9.46 Å². The second-order valence-electron chi connectivity index (χ2n) is 6.13. The average molecular weight is 394 g/mol. The largest absolute Gasteiger partial charge is 0.494 e. The second-order valence-corrected chi connectivity index (χ2v) is 7.97. The van der Waals surface area contributed by atoms with Gasteiger partial charge in [-0.3, -0.25) is 9.52 Å². The van der Waals surface area contributed by atoms with Crippen LogP contribution in [0.4, 0.5) is 10.1 Å². The van der Waals surface area contributed by atoms with E-state index >= 15 is 0 Å². The number of anilines is 1. The highest BCUT2D eigenvalue weighted by atomic mass is 32.2. The molecular formula is C19H23FN2O4S. The van der Waals surface area contributed by atoms with E-state index in [-0.39, 0.29) is 24.0 Å². The summed E-state index contributed by atoms with van der Waals surface area (Å²) in [4.78, 5) is 14.1. The third-order valence-electron chi connectivity index (χ3n) is 3.84. The maximum atomic E-state index is 13.8. The number of amides is 1. The zero-order valence-electron chi connectivity index (χ0n) is 15.5. The number of nitrogens with one attached hydrogen (secondary N) is 1. The van der Waals surface area contributed by atoms with Gasteiger partial charge in [0.05, 0.1) is 12.9 Å². The van der Waals surface area contributed by atoms with Gasteiger partial charge in [-0.2, -0.15) is 0 Å². The number of carbonyl (C=O) groups excluding carboxylic acids is 1. The number of hydrogen-bond donors (Lipinski definition) is 1. The lowest BCUT2D eigenvalue weighted by molar-refractivity contribution is 0.0785. The first-order chi connectivity index (χ1) is 12.8. The minimum absolute atomic E-state index is 0.00805. The third kappa shape index (κ3) is 5.68. The van der Waals surface area contributed by atoms with Crippen LogP contribution in [0.3, 0.4) is 0 Å². The monoisotopic (exact) mass is 394 g/mol. The number of halogens is 1. The standard InChI is InChI=1S/C19H23FN2O4S/c1-4-10-27(24,25)21-16-7-5-6-15(12-16)19(23)22(2)13-14-8-9-18(26-3)17(20)11-14/h5-9,11-12,21H,4,10,13H2,1-3H3. The van der Waals surface area contributed by atoms with Gasteiger partial charge in [0.1, 0.15) is 0 Å². The van der Waals surface area contributed by atoms with Crippen molar-refractivity contribution in [1.29, 1.82) is 0 Å². The molecule has 2 aromatic carbocycles. The van der Waals surface area contributed by atoms with E-state index in [9.17, 15) is 17.6 Å². The van der Waals surface area contributed by atoms with Gasteiger partial charge in [0.15, 0.2) is 11.6 Å². The topological polar surface area (TPSA) is 75.7 Å². The minimum atomic E-state index is -3.44. The average Bonchev–Trinajstić information content (AvgIpc) is 2.61. The molecule has 1 amide bonds. The molecule has 6 nitrogen and oxygen atoms in total. The molecule has 2 aromatic rings. The van der Waals surface area contributed by atoms with Crippen molar-refractivity contribution < 1.29 is 22.3 Å². The highest BCUT2D eigenvalue weighted by Crippen LogP contribution is 2.20. The summed E-state index contributed by atoms with van der Waals surface area (Å²) in [5.74, 6) is -0.653. The van der Waals surface area contributed by atoms with Crippen LogP contribution in [-0.4, -0.2) is 39.1 Å². The van der Waals surface area contributed by atoms with E-state index in [0.717, 1.165) is 0 Å². The Balaban J connectivity index is 2.12. The van der Waals surface area contributed by atoms with Gasteiger partial charge in [-0.1, -0.05) is 19.1 Å². The van der Waals surface area contributed by atoms with Crippen LogP contribution >= 0.6 is 0 Å². The summed E-state index contributed by atoms with van der Waals surface area (Å²) in [6.07, 6.45) is 0.495. The lowest BCUT2D eigenvalue weighted by Crippen LogP contribution is -2.26. The van der Waals surface area contributed by atoms with Gasteiger partial charge in [0.25, 0.3) is 5.91 Å². The van der Waals surface area contributed by atoms with E-state index in [1.165, 1.54) is 30.2 Å².